The van der Waals surface area contributed by atoms with Crippen molar-refractivity contribution in [2.45, 2.75) is 51.9 Å². The summed E-state index contributed by atoms with van der Waals surface area (Å²) in [6, 6.07) is 17.2. The zero-order valence-corrected chi connectivity index (χ0v) is 20.1. The third-order valence-electron chi connectivity index (χ3n) is 6.11. The standard InChI is InChI=1S/C26H30ClN3O3/c1-18(2)33-13-7-12-28-25(32)26(3)17-29-22-11-5-4-9-20(22)15-23(29)24(31)30(26)16-19-8-6-10-21(27)14-19/h4-6,8-11,14-15,18H,7,12-13,16-17H2,1-3H3,(H,28,32)/t26-/m0/s1. The molecular formula is C26H30ClN3O3. The normalized spacial score (nSPS) is 18.1. The molecule has 7 heteroatoms. The number of fused-ring (bicyclic) bond motifs is 3. The Kier molecular flexibility index (Phi) is 6.77. The number of aromatic nitrogens is 1. The number of rotatable bonds is 8. The van der Waals surface area contributed by atoms with Crippen molar-refractivity contribution < 1.29 is 14.3 Å². The fourth-order valence-electron chi connectivity index (χ4n) is 4.36. The van der Waals surface area contributed by atoms with Gasteiger partial charge in [-0.3, -0.25) is 9.59 Å². The summed E-state index contributed by atoms with van der Waals surface area (Å²) in [5.74, 6) is -0.343. The second-order valence-corrected chi connectivity index (χ2v) is 9.44. The highest BCUT2D eigenvalue weighted by Gasteiger charge is 2.47. The minimum atomic E-state index is -1.06. The molecule has 1 aliphatic heterocycles. The van der Waals surface area contributed by atoms with Gasteiger partial charge in [0.2, 0.25) is 5.91 Å². The molecule has 33 heavy (non-hydrogen) atoms. The van der Waals surface area contributed by atoms with Gasteiger partial charge in [-0.1, -0.05) is 41.9 Å². The van der Waals surface area contributed by atoms with Gasteiger partial charge in [-0.2, -0.15) is 0 Å². The van der Waals surface area contributed by atoms with Crippen molar-refractivity contribution >= 4 is 34.3 Å². The predicted molar refractivity (Wildman–Crippen MR) is 130 cm³/mol. The van der Waals surface area contributed by atoms with E-state index in [-0.39, 0.29) is 17.9 Å². The number of ether oxygens (including phenoxy) is 1. The molecule has 2 aromatic carbocycles. The number of carbonyl (C=O) groups excluding carboxylic acids is 2. The first-order chi connectivity index (χ1) is 15.8. The Morgan fingerprint density at radius 1 is 1.18 bits per heavy atom. The average molecular weight is 468 g/mol. The maximum Gasteiger partial charge on any atom is 0.271 e. The Morgan fingerprint density at radius 3 is 2.73 bits per heavy atom. The molecule has 0 unspecified atom stereocenters. The molecule has 0 fully saturated rings. The lowest BCUT2D eigenvalue weighted by Crippen LogP contribution is -2.63. The van der Waals surface area contributed by atoms with Crippen LogP contribution in [0.15, 0.2) is 54.6 Å². The topological polar surface area (TPSA) is 63.6 Å². The lowest BCUT2D eigenvalue weighted by Gasteiger charge is -2.44. The molecule has 1 atom stereocenters. The van der Waals surface area contributed by atoms with E-state index in [1.165, 1.54) is 0 Å². The van der Waals surface area contributed by atoms with Crippen LogP contribution in [0.5, 0.6) is 0 Å². The summed E-state index contributed by atoms with van der Waals surface area (Å²) in [6.45, 7) is 7.54. The van der Waals surface area contributed by atoms with E-state index in [2.05, 4.69) is 5.32 Å². The Morgan fingerprint density at radius 2 is 1.97 bits per heavy atom. The van der Waals surface area contributed by atoms with Crippen LogP contribution in [0.3, 0.4) is 0 Å². The van der Waals surface area contributed by atoms with Crippen molar-refractivity contribution in [3.8, 4) is 0 Å². The lowest BCUT2D eigenvalue weighted by molar-refractivity contribution is -0.133. The monoisotopic (exact) mass is 467 g/mol. The van der Waals surface area contributed by atoms with Crippen LogP contribution in [0.2, 0.25) is 5.02 Å². The Bertz CT molecular complexity index is 1170. The second-order valence-electron chi connectivity index (χ2n) is 9.00. The van der Waals surface area contributed by atoms with Gasteiger partial charge in [0.15, 0.2) is 0 Å². The van der Waals surface area contributed by atoms with Crippen molar-refractivity contribution in [3.05, 3.63) is 70.9 Å². The molecule has 174 valence electrons. The quantitative estimate of drug-likeness (QED) is 0.491. The minimum Gasteiger partial charge on any atom is -0.379 e. The Labute approximate surface area is 199 Å². The molecule has 0 radical (unpaired) electrons. The van der Waals surface area contributed by atoms with Gasteiger partial charge in [0.25, 0.3) is 5.91 Å². The van der Waals surface area contributed by atoms with E-state index in [0.717, 1.165) is 16.5 Å². The maximum absolute atomic E-state index is 13.7. The van der Waals surface area contributed by atoms with Crippen LogP contribution in [-0.4, -0.2) is 46.1 Å². The van der Waals surface area contributed by atoms with Crippen molar-refractivity contribution in [2.75, 3.05) is 13.2 Å². The van der Waals surface area contributed by atoms with Crippen LogP contribution >= 0.6 is 11.6 Å². The maximum atomic E-state index is 13.7. The third kappa shape index (κ3) is 4.77. The molecule has 0 saturated carbocycles. The molecule has 0 saturated heterocycles. The highest BCUT2D eigenvalue weighted by atomic mass is 35.5. The van der Waals surface area contributed by atoms with Crippen LogP contribution in [0.4, 0.5) is 0 Å². The number of nitrogens with one attached hydrogen (secondary N) is 1. The van der Waals surface area contributed by atoms with Gasteiger partial charge in [-0.05, 0) is 57.0 Å². The van der Waals surface area contributed by atoms with Crippen molar-refractivity contribution in [3.63, 3.8) is 0 Å². The summed E-state index contributed by atoms with van der Waals surface area (Å²) in [5, 5.41) is 4.62. The van der Waals surface area contributed by atoms with Gasteiger partial charge in [-0.25, -0.2) is 0 Å². The van der Waals surface area contributed by atoms with E-state index in [9.17, 15) is 9.59 Å². The molecular weight excluding hydrogens is 438 g/mol. The van der Waals surface area contributed by atoms with Gasteiger partial charge in [-0.15, -0.1) is 0 Å². The Balaban J connectivity index is 1.65. The summed E-state index contributed by atoms with van der Waals surface area (Å²) in [7, 11) is 0. The molecule has 2 heterocycles. The van der Waals surface area contributed by atoms with Gasteiger partial charge < -0.3 is 19.5 Å². The number of benzene rings is 2. The van der Waals surface area contributed by atoms with Crippen LogP contribution in [0, 0.1) is 0 Å². The molecule has 1 aliphatic rings. The number of amides is 2. The lowest BCUT2D eigenvalue weighted by atomic mass is 9.93. The number of hydrogen-bond acceptors (Lipinski definition) is 3. The largest absolute Gasteiger partial charge is 0.379 e. The molecule has 3 aromatic rings. The molecule has 0 bridgehead atoms. The van der Waals surface area contributed by atoms with Gasteiger partial charge in [0.1, 0.15) is 11.2 Å². The second kappa shape index (κ2) is 9.57. The molecule has 6 nitrogen and oxygen atoms in total. The van der Waals surface area contributed by atoms with Crippen molar-refractivity contribution in [1.29, 1.82) is 0 Å². The van der Waals surface area contributed by atoms with Crippen LogP contribution < -0.4 is 5.32 Å². The van der Waals surface area contributed by atoms with E-state index in [1.54, 1.807) is 11.0 Å². The van der Waals surface area contributed by atoms with E-state index in [0.29, 0.717) is 43.4 Å². The zero-order valence-electron chi connectivity index (χ0n) is 19.3. The first kappa shape index (κ1) is 23.3. The van der Waals surface area contributed by atoms with E-state index >= 15 is 0 Å². The molecule has 1 aromatic heterocycles. The zero-order chi connectivity index (χ0) is 23.6. The highest BCUT2D eigenvalue weighted by Crippen LogP contribution is 2.33. The molecule has 2 amide bonds. The fraction of sp³-hybridized carbons (Fsp3) is 0.385. The smallest absolute Gasteiger partial charge is 0.271 e. The number of carbonyl (C=O) groups is 2. The average Bonchev–Trinajstić information content (AvgIpc) is 3.14. The van der Waals surface area contributed by atoms with E-state index in [4.69, 9.17) is 16.3 Å². The minimum absolute atomic E-state index is 0.155. The summed E-state index contributed by atoms with van der Waals surface area (Å²) in [6.07, 6.45) is 0.864. The fourth-order valence-corrected chi connectivity index (χ4v) is 4.57. The molecule has 0 spiro atoms. The summed E-state index contributed by atoms with van der Waals surface area (Å²) < 4.78 is 7.54. The van der Waals surface area contributed by atoms with Crippen LogP contribution in [0.1, 0.15) is 43.2 Å². The third-order valence-corrected chi connectivity index (χ3v) is 6.35. The number of hydrogen-bond donors (Lipinski definition) is 1. The van der Waals surface area contributed by atoms with Crippen molar-refractivity contribution in [1.82, 2.24) is 14.8 Å². The summed E-state index contributed by atoms with van der Waals surface area (Å²) >= 11 is 6.19. The molecule has 0 aliphatic carbocycles. The summed E-state index contributed by atoms with van der Waals surface area (Å²) in [5.41, 5.74) is 1.36. The van der Waals surface area contributed by atoms with Gasteiger partial charge >= 0.3 is 0 Å². The Hall–Kier alpha value is -2.83. The number of para-hydroxylation sites is 1. The molecule has 1 N–H and O–H groups in total. The highest BCUT2D eigenvalue weighted by molar-refractivity contribution is 6.30. The first-order valence-corrected chi connectivity index (χ1v) is 11.7. The first-order valence-electron chi connectivity index (χ1n) is 11.3. The summed E-state index contributed by atoms with van der Waals surface area (Å²) in [4.78, 5) is 28.9. The van der Waals surface area contributed by atoms with Gasteiger partial charge in [0.05, 0.1) is 12.6 Å². The number of nitrogens with zero attached hydrogens (tertiary/aromatic N) is 2. The van der Waals surface area contributed by atoms with Crippen LogP contribution in [0.25, 0.3) is 10.9 Å². The van der Waals surface area contributed by atoms with Crippen molar-refractivity contribution in [2.24, 2.45) is 0 Å². The molecule has 4 rings (SSSR count). The predicted octanol–water partition coefficient (Wildman–Crippen LogP) is 4.64. The SMILES string of the molecule is CC(C)OCCCNC(=O)[C@]1(C)Cn2c(cc3ccccc32)C(=O)N1Cc1cccc(Cl)c1. The van der Waals surface area contributed by atoms with E-state index in [1.807, 2.05) is 73.9 Å². The van der Waals surface area contributed by atoms with Gasteiger partial charge in [0, 0.05) is 35.6 Å². The van der Waals surface area contributed by atoms with E-state index < -0.39 is 5.54 Å². The number of halogens is 1. The van der Waals surface area contributed by atoms with Crippen LogP contribution in [-0.2, 0) is 22.6 Å².